The first-order valence-corrected chi connectivity index (χ1v) is 6.32. The molecule has 18 heavy (non-hydrogen) atoms. The SMILES string of the molecule is CCOC(OCC)c1cn(CCC(C)(C)O)nn1. The van der Waals surface area contributed by atoms with Crippen molar-refractivity contribution in [3.8, 4) is 0 Å². The van der Waals surface area contributed by atoms with Crippen molar-refractivity contribution in [2.75, 3.05) is 13.2 Å². The van der Waals surface area contributed by atoms with Gasteiger partial charge in [-0.1, -0.05) is 5.21 Å². The highest BCUT2D eigenvalue weighted by molar-refractivity contribution is 4.94. The highest BCUT2D eigenvalue weighted by Gasteiger charge is 2.17. The Kier molecular flexibility index (Phi) is 5.71. The lowest BCUT2D eigenvalue weighted by Gasteiger charge is -2.16. The predicted molar refractivity (Wildman–Crippen MR) is 66.9 cm³/mol. The van der Waals surface area contributed by atoms with E-state index < -0.39 is 11.9 Å². The van der Waals surface area contributed by atoms with Crippen LogP contribution in [0.3, 0.4) is 0 Å². The fourth-order valence-corrected chi connectivity index (χ4v) is 1.44. The molecule has 0 amide bonds. The van der Waals surface area contributed by atoms with Crippen molar-refractivity contribution in [3.05, 3.63) is 11.9 Å². The molecule has 0 radical (unpaired) electrons. The van der Waals surface area contributed by atoms with Crippen LogP contribution in [0.5, 0.6) is 0 Å². The van der Waals surface area contributed by atoms with Crippen molar-refractivity contribution in [3.63, 3.8) is 0 Å². The first-order chi connectivity index (χ1) is 8.46. The molecule has 0 aliphatic rings. The lowest BCUT2D eigenvalue weighted by atomic mass is 10.1. The van der Waals surface area contributed by atoms with E-state index in [1.54, 1.807) is 24.7 Å². The fraction of sp³-hybridized carbons (Fsp3) is 0.833. The Balaban J connectivity index is 2.60. The fourth-order valence-electron chi connectivity index (χ4n) is 1.44. The molecule has 1 N–H and O–H groups in total. The predicted octanol–water partition coefficient (Wildman–Crippen LogP) is 1.51. The molecule has 0 saturated heterocycles. The third-order valence-electron chi connectivity index (χ3n) is 2.39. The molecule has 0 aromatic carbocycles. The van der Waals surface area contributed by atoms with E-state index in [0.717, 1.165) is 0 Å². The van der Waals surface area contributed by atoms with Gasteiger partial charge in [0.25, 0.3) is 0 Å². The molecule has 1 rings (SSSR count). The number of hydrogen-bond acceptors (Lipinski definition) is 5. The van der Waals surface area contributed by atoms with Crippen LogP contribution >= 0.6 is 0 Å². The van der Waals surface area contributed by atoms with E-state index in [0.29, 0.717) is 31.9 Å². The van der Waals surface area contributed by atoms with E-state index >= 15 is 0 Å². The molecule has 0 aliphatic heterocycles. The highest BCUT2D eigenvalue weighted by Crippen LogP contribution is 2.16. The Morgan fingerprint density at radius 3 is 2.44 bits per heavy atom. The molecule has 6 heteroatoms. The summed E-state index contributed by atoms with van der Waals surface area (Å²) in [6, 6.07) is 0. The Morgan fingerprint density at radius 2 is 1.94 bits per heavy atom. The van der Waals surface area contributed by atoms with Gasteiger partial charge in [-0.2, -0.15) is 0 Å². The van der Waals surface area contributed by atoms with Crippen LogP contribution in [0.25, 0.3) is 0 Å². The van der Waals surface area contributed by atoms with Crippen molar-refractivity contribution in [2.24, 2.45) is 0 Å². The molecule has 6 nitrogen and oxygen atoms in total. The molecular formula is C12H23N3O3. The average molecular weight is 257 g/mol. The van der Waals surface area contributed by atoms with Crippen molar-refractivity contribution < 1.29 is 14.6 Å². The normalized spacial score (nSPS) is 12.3. The maximum Gasteiger partial charge on any atom is 0.204 e. The zero-order valence-electron chi connectivity index (χ0n) is 11.6. The number of nitrogens with zero attached hydrogens (tertiary/aromatic N) is 3. The van der Waals surface area contributed by atoms with Gasteiger partial charge in [0.05, 0.1) is 11.8 Å². The van der Waals surface area contributed by atoms with Crippen molar-refractivity contribution in [2.45, 2.75) is 52.6 Å². The molecule has 0 unspecified atom stereocenters. The van der Waals surface area contributed by atoms with Crippen molar-refractivity contribution in [1.82, 2.24) is 15.0 Å². The average Bonchev–Trinajstić information content (AvgIpc) is 2.74. The van der Waals surface area contributed by atoms with Gasteiger partial charge in [-0.05, 0) is 34.1 Å². The molecule has 0 fully saturated rings. The molecule has 0 saturated carbocycles. The molecule has 0 spiro atoms. The standard InChI is InChI=1S/C12H23N3O3/c1-5-17-11(18-6-2)10-9-15(14-13-10)8-7-12(3,4)16/h9,11,16H,5-8H2,1-4H3. The minimum absolute atomic E-state index is 0.462. The Labute approximate surface area is 108 Å². The molecule has 1 aromatic rings. The number of aromatic nitrogens is 3. The minimum atomic E-state index is -0.703. The van der Waals surface area contributed by atoms with E-state index in [-0.39, 0.29) is 0 Å². The molecule has 104 valence electrons. The van der Waals surface area contributed by atoms with Gasteiger partial charge in [0, 0.05) is 19.8 Å². The second-order valence-corrected chi connectivity index (χ2v) is 4.71. The van der Waals surface area contributed by atoms with Crippen LogP contribution in [0.1, 0.15) is 46.1 Å². The van der Waals surface area contributed by atoms with Crippen LogP contribution in [-0.4, -0.2) is 38.9 Å². The molecule has 1 aromatic heterocycles. The zero-order valence-corrected chi connectivity index (χ0v) is 11.6. The first kappa shape index (κ1) is 15.1. The maximum absolute atomic E-state index is 9.65. The van der Waals surface area contributed by atoms with Crippen LogP contribution in [-0.2, 0) is 16.0 Å². The summed E-state index contributed by atoms with van der Waals surface area (Å²) in [7, 11) is 0. The Morgan fingerprint density at radius 1 is 1.33 bits per heavy atom. The Hall–Kier alpha value is -0.980. The quantitative estimate of drug-likeness (QED) is 0.715. The van der Waals surface area contributed by atoms with E-state index in [1.807, 2.05) is 13.8 Å². The topological polar surface area (TPSA) is 69.4 Å². The maximum atomic E-state index is 9.65. The van der Waals surface area contributed by atoms with Crippen LogP contribution in [0.15, 0.2) is 6.20 Å². The monoisotopic (exact) mass is 257 g/mol. The second kappa shape index (κ2) is 6.82. The van der Waals surface area contributed by atoms with Crippen molar-refractivity contribution >= 4 is 0 Å². The lowest BCUT2D eigenvalue weighted by Crippen LogP contribution is -2.21. The zero-order chi connectivity index (χ0) is 13.6. The Bertz CT molecular complexity index is 341. The third kappa shape index (κ3) is 5.12. The summed E-state index contributed by atoms with van der Waals surface area (Å²) in [6.45, 7) is 9.08. The van der Waals surface area contributed by atoms with Crippen LogP contribution in [0, 0.1) is 0 Å². The summed E-state index contributed by atoms with van der Waals surface area (Å²) in [5.41, 5.74) is -0.0415. The molecule has 0 bridgehead atoms. The summed E-state index contributed by atoms with van der Waals surface area (Å²) >= 11 is 0. The number of hydrogen-bond donors (Lipinski definition) is 1. The highest BCUT2D eigenvalue weighted by atomic mass is 16.7. The lowest BCUT2D eigenvalue weighted by molar-refractivity contribution is -0.142. The van der Waals surface area contributed by atoms with Crippen LogP contribution in [0.4, 0.5) is 0 Å². The van der Waals surface area contributed by atoms with Crippen molar-refractivity contribution in [1.29, 1.82) is 0 Å². The summed E-state index contributed by atoms with van der Waals surface area (Å²) in [4.78, 5) is 0. The van der Waals surface area contributed by atoms with Gasteiger partial charge in [0.2, 0.25) is 6.29 Å². The number of aliphatic hydroxyl groups is 1. The molecule has 1 heterocycles. The summed E-state index contributed by atoms with van der Waals surface area (Å²) < 4.78 is 12.6. The van der Waals surface area contributed by atoms with Gasteiger partial charge in [-0.25, -0.2) is 0 Å². The number of rotatable bonds is 8. The van der Waals surface area contributed by atoms with E-state index in [2.05, 4.69) is 10.3 Å². The summed E-state index contributed by atoms with van der Waals surface area (Å²) in [6.07, 6.45) is 1.95. The smallest absolute Gasteiger partial charge is 0.204 e. The first-order valence-electron chi connectivity index (χ1n) is 6.32. The third-order valence-corrected chi connectivity index (χ3v) is 2.39. The van der Waals surface area contributed by atoms with Gasteiger partial charge in [-0.15, -0.1) is 5.10 Å². The molecule has 0 atom stereocenters. The van der Waals surface area contributed by atoms with E-state index in [1.165, 1.54) is 0 Å². The van der Waals surface area contributed by atoms with Gasteiger partial charge >= 0.3 is 0 Å². The number of ether oxygens (including phenoxy) is 2. The van der Waals surface area contributed by atoms with Crippen LogP contribution < -0.4 is 0 Å². The van der Waals surface area contributed by atoms with E-state index in [9.17, 15) is 5.11 Å². The summed E-state index contributed by atoms with van der Waals surface area (Å²) in [5.74, 6) is 0. The van der Waals surface area contributed by atoms with Gasteiger partial charge < -0.3 is 14.6 Å². The van der Waals surface area contributed by atoms with Gasteiger partial charge in [0.15, 0.2) is 0 Å². The van der Waals surface area contributed by atoms with Gasteiger partial charge in [-0.3, -0.25) is 4.68 Å². The largest absolute Gasteiger partial charge is 0.390 e. The molecule has 0 aliphatic carbocycles. The number of aryl methyl sites for hydroxylation is 1. The van der Waals surface area contributed by atoms with E-state index in [4.69, 9.17) is 9.47 Å². The van der Waals surface area contributed by atoms with Crippen LogP contribution in [0.2, 0.25) is 0 Å². The minimum Gasteiger partial charge on any atom is -0.390 e. The molecular weight excluding hydrogens is 234 g/mol. The second-order valence-electron chi connectivity index (χ2n) is 4.71. The van der Waals surface area contributed by atoms with Gasteiger partial charge in [0.1, 0.15) is 5.69 Å². The summed E-state index contributed by atoms with van der Waals surface area (Å²) in [5, 5.41) is 17.7.